The second-order valence-electron chi connectivity index (χ2n) is 6.11. The average Bonchev–Trinajstić information content (AvgIpc) is 2.77. The van der Waals surface area contributed by atoms with E-state index < -0.39 is 0 Å². The van der Waals surface area contributed by atoms with Gasteiger partial charge in [-0.2, -0.15) is 0 Å². The van der Waals surface area contributed by atoms with E-state index in [0.717, 1.165) is 25.3 Å². The summed E-state index contributed by atoms with van der Waals surface area (Å²) in [5.41, 5.74) is 2.38. The fourth-order valence-corrected chi connectivity index (χ4v) is 3.22. The zero-order valence-corrected chi connectivity index (χ0v) is 13.6. The Morgan fingerprint density at radius 1 is 1.04 bits per heavy atom. The molecule has 1 saturated heterocycles. The van der Waals surface area contributed by atoms with E-state index in [2.05, 4.69) is 22.3 Å². The monoisotopic (exact) mass is 316 g/mol. The third-order valence-electron chi connectivity index (χ3n) is 4.61. The van der Waals surface area contributed by atoms with E-state index in [9.17, 15) is 9.59 Å². The first kappa shape index (κ1) is 15.8. The van der Waals surface area contributed by atoms with Crippen molar-refractivity contribution in [1.82, 2.24) is 15.1 Å². The molecule has 6 nitrogen and oxygen atoms in total. The lowest BCUT2D eigenvalue weighted by atomic mass is 10.1. The second kappa shape index (κ2) is 7.00. The summed E-state index contributed by atoms with van der Waals surface area (Å²) in [5.74, 6) is 0.231. The summed E-state index contributed by atoms with van der Waals surface area (Å²) in [6.45, 7) is 7.07. The van der Waals surface area contributed by atoms with Gasteiger partial charge in [0.25, 0.3) is 0 Å². The molecule has 1 fully saturated rings. The van der Waals surface area contributed by atoms with Crippen LogP contribution in [-0.2, 0) is 16.1 Å². The molecule has 0 atom stereocenters. The Bertz CT molecular complexity index is 582. The van der Waals surface area contributed by atoms with Crippen LogP contribution in [0.4, 0.5) is 5.69 Å². The molecule has 1 N–H and O–H groups in total. The lowest BCUT2D eigenvalue weighted by Crippen LogP contribution is -2.52. The van der Waals surface area contributed by atoms with Crippen LogP contribution in [0.5, 0.6) is 0 Å². The van der Waals surface area contributed by atoms with E-state index in [1.807, 2.05) is 17.0 Å². The van der Waals surface area contributed by atoms with Crippen molar-refractivity contribution < 1.29 is 9.59 Å². The summed E-state index contributed by atoms with van der Waals surface area (Å²) >= 11 is 0. The molecule has 2 aliphatic heterocycles. The number of anilines is 1. The van der Waals surface area contributed by atoms with Gasteiger partial charge in [-0.05, 0) is 11.6 Å². The van der Waals surface area contributed by atoms with Gasteiger partial charge in [0, 0.05) is 58.4 Å². The Labute approximate surface area is 137 Å². The second-order valence-corrected chi connectivity index (χ2v) is 6.11. The molecule has 0 aliphatic carbocycles. The summed E-state index contributed by atoms with van der Waals surface area (Å²) in [6, 6.07) is 8.25. The maximum Gasteiger partial charge on any atom is 0.242 e. The highest BCUT2D eigenvalue weighted by atomic mass is 16.2. The molecule has 2 aliphatic rings. The van der Waals surface area contributed by atoms with Crippen LogP contribution in [0.2, 0.25) is 0 Å². The number of rotatable bonds is 2. The molecule has 0 unspecified atom stereocenters. The zero-order chi connectivity index (χ0) is 16.2. The van der Waals surface area contributed by atoms with E-state index in [4.69, 9.17) is 0 Å². The Balaban J connectivity index is 1.63. The predicted molar refractivity (Wildman–Crippen MR) is 89.2 cm³/mol. The van der Waals surface area contributed by atoms with Crippen molar-refractivity contribution in [1.29, 1.82) is 0 Å². The summed E-state index contributed by atoms with van der Waals surface area (Å²) < 4.78 is 0. The van der Waals surface area contributed by atoms with Gasteiger partial charge in [-0.15, -0.1) is 0 Å². The van der Waals surface area contributed by atoms with E-state index >= 15 is 0 Å². The van der Waals surface area contributed by atoms with Gasteiger partial charge in [-0.1, -0.05) is 18.2 Å². The van der Waals surface area contributed by atoms with Gasteiger partial charge in [0.05, 0.1) is 6.54 Å². The molecule has 1 aromatic rings. The number of fused-ring (bicyclic) bond motifs is 1. The largest absolute Gasteiger partial charge is 0.361 e. The van der Waals surface area contributed by atoms with Gasteiger partial charge in [-0.3, -0.25) is 9.59 Å². The van der Waals surface area contributed by atoms with Crippen molar-refractivity contribution in [2.45, 2.75) is 13.5 Å². The number of amides is 2. The van der Waals surface area contributed by atoms with E-state index in [0.29, 0.717) is 32.7 Å². The average molecular weight is 316 g/mol. The van der Waals surface area contributed by atoms with Crippen LogP contribution in [0.1, 0.15) is 12.5 Å². The van der Waals surface area contributed by atoms with Gasteiger partial charge >= 0.3 is 0 Å². The highest BCUT2D eigenvalue weighted by Gasteiger charge is 2.25. The van der Waals surface area contributed by atoms with Gasteiger partial charge in [-0.25, -0.2) is 0 Å². The molecule has 2 amide bonds. The van der Waals surface area contributed by atoms with Gasteiger partial charge in [0.15, 0.2) is 0 Å². The molecule has 124 valence electrons. The standard InChI is InChI=1S/C17H24N4O2/c1-14(22)19-8-10-20(11-9-19)17(23)13-21-7-6-18-12-15-4-2-3-5-16(15)21/h2-5,18H,6-13H2,1H3. The number of para-hydroxylation sites is 1. The van der Waals surface area contributed by atoms with Crippen molar-refractivity contribution in [2.24, 2.45) is 0 Å². The number of carbonyl (C=O) groups is 2. The Morgan fingerprint density at radius 2 is 1.74 bits per heavy atom. The van der Waals surface area contributed by atoms with E-state index in [1.54, 1.807) is 11.8 Å². The minimum absolute atomic E-state index is 0.0876. The Kier molecular flexibility index (Phi) is 4.81. The first-order valence-electron chi connectivity index (χ1n) is 8.22. The summed E-state index contributed by atoms with van der Waals surface area (Å²) in [7, 11) is 0. The van der Waals surface area contributed by atoms with Crippen LogP contribution in [0.25, 0.3) is 0 Å². The maximum atomic E-state index is 12.6. The van der Waals surface area contributed by atoms with Gasteiger partial charge < -0.3 is 20.0 Å². The topological polar surface area (TPSA) is 55.9 Å². The number of hydrogen-bond donors (Lipinski definition) is 1. The smallest absolute Gasteiger partial charge is 0.242 e. The molecule has 2 heterocycles. The number of piperazine rings is 1. The Hall–Kier alpha value is -2.08. The number of benzene rings is 1. The highest BCUT2D eigenvalue weighted by Crippen LogP contribution is 2.22. The fourth-order valence-electron chi connectivity index (χ4n) is 3.22. The van der Waals surface area contributed by atoms with Crippen molar-refractivity contribution in [3.05, 3.63) is 29.8 Å². The summed E-state index contributed by atoms with van der Waals surface area (Å²) in [4.78, 5) is 29.8. The molecule has 3 rings (SSSR count). The number of hydrogen-bond acceptors (Lipinski definition) is 4. The molecule has 1 aromatic carbocycles. The van der Waals surface area contributed by atoms with Crippen LogP contribution in [0.15, 0.2) is 24.3 Å². The van der Waals surface area contributed by atoms with Crippen LogP contribution in [0.3, 0.4) is 0 Å². The Morgan fingerprint density at radius 3 is 2.48 bits per heavy atom. The van der Waals surface area contributed by atoms with Crippen molar-refractivity contribution in [3.63, 3.8) is 0 Å². The summed E-state index contributed by atoms with van der Waals surface area (Å²) in [5, 5.41) is 3.39. The lowest BCUT2D eigenvalue weighted by molar-refractivity contribution is -0.137. The predicted octanol–water partition coefficient (Wildman–Crippen LogP) is 0.287. The molecule has 0 aromatic heterocycles. The fraction of sp³-hybridized carbons (Fsp3) is 0.529. The van der Waals surface area contributed by atoms with Crippen molar-refractivity contribution >= 4 is 17.5 Å². The minimum atomic E-state index is 0.0876. The molecule has 0 saturated carbocycles. The molecule has 23 heavy (non-hydrogen) atoms. The summed E-state index contributed by atoms with van der Waals surface area (Å²) in [6.07, 6.45) is 0. The molecular formula is C17H24N4O2. The molecule has 6 heteroatoms. The van der Waals surface area contributed by atoms with Crippen molar-refractivity contribution in [3.8, 4) is 0 Å². The number of carbonyl (C=O) groups excluding carboxylic acids is 2. The highest BCUT2D eigenvalue weighted by molar-refractivity contribution is 5.82. The quantitative estimate of drug-likeness (QED) is 0.852. The number of nitrogens with zero attached hydrogens (tertiary/aromatic N) is 3. The van der Waals surface area contributed by atoms with Crippen LogP contribution in [0, 0.1) is 0 Å². The van der Waals surface area contributed by atoms with Crippen LogP contribution < -0.4 is 10.2 Å². The normalized spacial score (nSPS) is 18.4. The number of nitrogens with one attached hydrogen (secondary N) is 1. The van der Waals surface area contributed by atoms with Crippen LogP contribution >= 0.6 is 0 Å². The molecule has 0 radical (unpaired) electrons. The molecular weight excluding hydrogens is 292 g/mol. The maximum absolute atomic E-state index is 12.6. The third-order valence-corrected chi connectivity index (χ3v) is 4.61. The SMILES string of the molecule is CC(=O)N1CCN(C(=O)CN2CCNCc3ccccc32)CC1. The lowest BCUT2D eigenvalue weighted by Gasteiger charge is -2.35. The zero-order valence-electron chi connectivity index (χ0n) is 13.6. The van der Waals surface area contributed by atoms with E-state index in [1.165, 1.54) is 5.56 Å². The molecule has 0 bridgehead atoms. The van der Waals surface area contributed by atoms with Gasteiger partial charge in [0.2, 0.25) is 11.8 Å². The minimum Gasteiger partial charge on any atom is -0.361 e. The van der Waals surface area contributed by atoms with Gasteiger partial charge in [0.1, 0.15) is 0 Å². The third kappa shape index (κ3) is 3.64. The van der Waals surface area contributed by atoms with Crippen LogP contribution in [-0.4, -0.2) is 67.4 Å². The van der Waals surface area contributed by atoms with Crippen molar-refractivity contribution in [2.75, 3.05) is 50.7 Å². The first-order chi connectivity index (χ1) is 11.1. The first-order valence-corrected chi connectivity index (χ1v) is 8.22. The van der Waals surface area contributed by atoms with E-state index in [-0.39, 0.29) is 11.8 Å². The molecule has 0 spiro atoms.